The van der Waals surface area contributed by atoms with E-state index in [4.69, 9.17) is 15.3 Å². The molecule has 1 aliphatic rings. The number of hydrogen-bond donors (Lipinski definition) is 3. The molecule has 0 aromatic heterocycles. The Morgan fingerprint density at radius 1 is 1.00 bits per heavy atom. The second kappa shape index (κ2) is 3.32. The smallest absolute Gasteiger partial charge is 0.0568 e. The van der Waals surface area contributed by atoms with E-state index in [0.717, 1.165) is 0 Å². The normalized spacial score (nSPS) is 41.7. The van der Waals surface area contributed by atoms with Crippen molar-refractivity contribution in [1.82, 2.24) is 0 Å². The van der Waals surface area contributed by atoms with E-state index >= 15 is 0 Å². The maximum Gasteiger partial charge on any atom is 0.0568 e. The molecule has 10 heavy (non-hydrogen) atoms. The number of aliphatic hydroxyl groups is 3. The van der Waals surface area contributed by atoms with E-state index < -0.39 is 12.2 Å². The molecule has 3 heteroatoms. The van der Waals surface area contributed by atoms with Crippen LogP contribution in [0.1, 0.15) is 19.3 Å². The van der Waals surface area contributed by atoms with Gasteiger partial charge in [-0.05, 0) is 25.2 Å². The largest absolute Gasteiger partial charge is 0.396 e. The molecule has 60 valence electrons. The third-order valence-corrected chi connectivity index (χ3v) is 2.01. The van der Waals surface area contributed by atoms with Crippen molar-refractivity contribution >= 4 is 0 Å². The monoisotopic (exact) mass is 146 g/mol. The standard InChI is InChI=1S/C7H14O3/c8-4-5-1-6(9)3-7(10)2-5/h5-10H,1-4H2. The van der Waals surface area contributed by atoms with Crippen LogP contribution in [-0.4, -0.2) is 34.1 Å². The Hall–Kier alpha value is -0.120. The summed E-state index contributed by atoms with van der Waals surface area (Å²) in [6, 6.07) is 0. The minimum Gasteiger partial charge on any atom is -0.396 e. The third kappa shape index (κ3) is 1.94. The second-order valence-corrected chi connectivity index (χ2v) is 3.06. The van der Waals surface area contributed by atoms with Crippen molar-refractivity contribution in [2.24, 2.45) is 5.92 Å². The molecule has 1 saturated carbocycles. The average Bonchev–Trinajstić information content (AvgIpc) is 1.85. The van der Waals surface area contributed by atoms with Crippen molar-refractivity contribution in [2.75, 3.05) is 6.61 Å². The molecule has 1 aliphatic carbocycles. The lowest BCUT2D eigenvalue weighted by atomic mass is 9.86. The average molecular weight is 146 g/mol. The summed E-state index contributed by atoms with van der Waals surface area (Å²) in [6.45, 7) is 0.0775. The topological polar surface area (TPSA) is 60.7 Å². The molecular formula is C7H14O3. The van der Waals surface area contributed by atoms with Gasteiger partial charge in [-0.15, -0.1) is 0 Å². The van der Waals surface area contributed by atoms with E-state index in [1.165, 1.54) is 0 Å². The first-order chi connectivity index (χ1) is 4.72. The molecular weight excluding hydrogens is 132 g/mol. The van der Waals surface area contributed by atoms with Crippen LogP contribution >= 0.6 is 0 Å². The van der Waals surface area contributed by atoms with Gasteiger partial charge in [0, 0.05) is 6.61 Å². The van der Waals surface area contributed by atoms with Crippen LogP contribution < -0.4 is 0 Å². The Balaban J connectivity index is 2.35. The van der Waals surface area contributed by atoms with Crippen molar-refractivity contribution in [3.63, 3.8) is 0 Å². The summed E-state index contributed by atoms with van der Waals surface area (Å²) in [5.41, 5.74) is 0. The van der Waals surface area contributed by atoms with Gasteiger partial charge >= 0.3 is 0 Å². The van der Waals surface area contributed by atoms with Crippen LogP contribution in [0.15, 0.2) is 0 Å². The zero-order chi connectivity index (χ0) is 7.56. The van der Waals surface area contributed by atoms with Crippen molar-refractivity contribution < 1.29 is 15.3 Å². The summed E-state index contributed by atoms with van der Waals surface area (Å²) < 4.78 is 0. The SMILES string of the molecule is OCC1CC(O)CC(O)C1. The van der Waals surface area contributed by atoms with E-state index in [1.54, 1.807) is 0 Å². The maximum atomic E-state index is 9.11. The Labute approximate surface area is 60.3 Å². The fraction of sp³-hybridized carbons (Fsp3) is 1.00. The molecule has 3 nitrogen and oxygen atoms in total. The highest BCUT2D eigenvalue weighted by molar-refractivity contribution is 4.77. The summed E-state index contributed by atoms with van der Waals surface area (Å²) >= 11 is 0. The van der Waals surface area contributed by atoms with E-state index in [9.17, 15) is 0 Å². The van der Waals surface area contributed by atoms with Gasteiger partial charge in [0.1, 0.15) is 0 Å². The lowest BCUT2D eigenvalue weighted by Gasteiger charge is -2.28. The molecule has 3 N–H and O–H groups in total. The van der Waals surface area contributed by atoms with Crippen molar-refractivity contribution in [3.8, 4) is 0 Å². The molecule has 2 unspecified atom stereocenters. The fourth-order valence-corrected chi connectivity index (χ4v) is 1.52. The minimum atomic E-state index is -0.416. The zero-order valence-corrected chi connectivity index (χ0v) is 5.90. The predicted molar refractivity (Wildman–Crippen MR) is 36.4 cm³/mol. The number of hydrogen-bond acceptors (Lipinski definition) is 3. The van der Waals surface area contributed by atoms with Crippen molar-refractivity contribution in [2.45, 2.75) is 31.5 Å². The molecule has 0 heterocycles. The second-order valence-electron chi connectivity index (χ2n) is 3.06. The van der Waals surface area contributed by atoms with Crippen LogP contribution in [0.3, 0.4) is 0 Å². The summed E-state index contributed by atoms with van der Waals surface area (Å²) in [6.07, 6.45) is 0.902. The highest BCUT2D eigenvalue weighted by Crippen LogP contribution is 2.23. The van der Waals surface area contributed by atoms with E-state index in [0.29, 0.717) is 19.3 Å². The van der Waals surface area contributed by atoms with Gasteiger partial charge < -0.3 is 15.3 Å². The van der Waals surface area contributed by atoms with Gasteiger partial charge in [-0.2, -0.15) is 0 Å². The Morgan fingerprint density at radius 3 is 1.90 bits per heavy atom. The van der Waals surface area contributed by atoms with Gasteiger partial charge in [0.2, 0.25) is 0 Å². The van der Waals surface area contributed by atoms with Crippen LogP contribution in [0, 0.1) is 5.92 Å². The zero-order valence-electron chi connectivity index (χ0n) is 5.90. The van der Waals surface area contributed by atoms with Crippen LogP contribution in [0.2, 0.25) is 0 Å². The lowest BCUT2D eigenvalue weighted by Crippen LogP contribution is -2.31. The van der Waals surface area contributed by atoms with Crippen molar-refractivity contribution in [1.29, 1.82) is 0 Å². The Kier molecular flexibility index (Phi) is 2.65. The predicted octanol–water partition coefficient (Wildman–Crippen LogP) is -0.499. The Morgan fingerprint density at radius 2 is 1.50 bits per heavy atom. The van der Waals surface area contributed by atoms with Gasteiger partial charge in [-0.25, -0.2) is 0 Å². The number of rotatable bonds is 1. The molecule has 0 radical (unpaired) electrons. The first kappa shape index (κ1) is 7.98. The van der Waals surface area contributed by atoms with Gasteiger partial charge in [0.15, 0.2) is 0 Å². The fourth-order valence-electron chi connectivity index (χ4n) is 1.52. The summed E-state index contributed by atoms with van der Waals surface area (Å²) in [7, 11) is 0. The molecule has 0 amide bonds. The van der Waals surface area contributed by atoms with E-state index in [1.807, 2.05) is 0 Å². The van der Waals surface area contributed by atoms with Crippen LogP contribution in [-0.2, 0) is 0 Å². The van der Waals surface area contributed by atoms with Gasteiger partial charge in [0.25, 0.3) is 0 Å². The lowest BCUT2D eigenvalue weighted by molar-refractivity contribution is -0.000214. The highest BCUT2D eigenvalue weighted by atomic mass is 16.3. The molecule has 0 aromatic rings. The summed E-state index contributed by atoms with van der Waals surface area (Å²) in [5, 5.41) is 26.9. The quantitative estimate of drug-likeness (QED) is 0.467. The molecule has 0 bridgehead atoms. The Bertz CT molecular complexity index is 95.0. The molecule has 0 aromatic carbocycles. The van der Waals surface area contributed by atoms with Gasteiger partial charge in [-0.3, -0.25) is 0 Å². The van der Waals surface area contributed by atoms with Gasteiger partial charge in [0.05, 0.1) is 12.2 Å². The van der Waals surface area contributed by atoms with Crippen molar-refractivity contribution in [3.05, 3.63) is 0 Å². The molecule has 2 atom stereocenters. The minimum absolute atomic E-state index is 0.0775. The molecule has 0 aliphatic heterocycles. The summed E-state index contributed by atoms with van der Waals surface area (Å²) in [4.78, 5) is 0. The van der Waals surface area contributed by atoms with Gasteiger partial charge in [-0.1, -0.05) is 0 Å². The molecule has 1 fully saturated rings. The van der Waals surface area contributed by atoms with Crippen LogP contribution in [0.5, 0.6) is 0 Å². The first-order valence-electron chi connectivity index (χ1n) is 3.69. The molecule has 0 spiro atoms. The molecule has 0 saturated heterocycles. The van der Waals surface area contributed by atoms with Crippen LogP contribution in [0.4, 0.5) is 0 Å². The summed E-state index contributed by atoms with van der Waals surface area (Å²) in [5.74, 6) is 0.0961. The maximum absolute atomic E-state index is 9.11. The third-order valence-electron chi connectivity index (χ3n) is 2.01. The van der Waals surface area contributed by atoms with Crippen LogP contribution in [0.25, 0.3) is 0 Å². The first-order valence-corrected chi connectivity index (χ1v) is 3.69. The molecule has 1 rings (SSSR count). The van der Waals surface area contributed by atoms with E-state index in [2.05, 4.69) is 0 Å². The highest BCUT2D eigenvalue weighted by Gasteiger charge is 2.25. The van der Waals surface area contributed by atoms with E-state index in [-0.39, 0.29) is 12.5 Å². The number of aliphatic hydroxyl groups excluding tert-OH is 3.